The molecule has 1 unspecified atom stereocenters. The molecule has 408 valence electrons. The Bertz CT molecular complexity index is 1670. The minimum atomic E-state index is -0.823. The average molecular weight is 1010 g/mol. The first kappa shape index (κ1) is 68.0. The lowest BCUT2D eigenvalue weighted by molar-refractivity contribution is -0.167. The Kier molecular flexibility index (Phi) is 55.5. The van der Waals surface area contributed by atoms with E-state index in [-0.39, 0.29) is 37.5 Å². The largest absolute Gasteiger partial charge is 0.462 e. The molecule has 0 aliphatic heterocycles. The van der Waals surface area contributed by atoms with Crippen LogP contribution in [0, 0.1) is 0 Å². The predicted octanol–water partition coefficient (Wildman–Crippen LogP) is 19.8. The Morgan fingerprint density at radius 2 is 0.493 bits per heavy atom. The van der Waals surface area contributed by atoms with Gasteiger partial charge in [-0.1, -0.05) is 224 Å². The van der Waals surface area contributed by atoms with Crippen LogP contribution >= 0.6 is 0 Å². The van der Waals surface area contributed by atoms with Crippen LogP contribution in [0.3, 0.4) is 0 Å². The van der Waals surface area contributed by atoms with Gasteiger partial charge in [0.05, 0.1) is 0 Å². The lowest BCUT2D eigenvalue weighted by atomic mass is 10.1. The molecular weight excluding hydrogens is 901 g/mol. The summed E-state index contributed by atoms with van der Waals surface area (Å²) >= 11 is 0. The van der Waals surface area contributed by atoms with Crippen molar-refractivity contribution in [3.05, 3.63) is 158 Å². The fourth-order valence-corrected chi connectivity index (χ4v) is 7.27. The molecule has 0 radical (unpaired) electrons. The quantitative estimate of drug-likeness (QED) is 0.0261. The lowest BCUT2D eigenvalue weighted by Crippen LogP contribution is -2.30. The van der Waals surface area contributed by atoms with E-state index < -0.39 is 6.10 Å². The Hall–Kier alpha value is -4.97. The fourth-order valence-electron chi connectivity index (χ4n) is 7.27. The SMILES string of the molecule is CC/C=C\C/C=C\C/C=C\C/C=C\C/C=C\C/C=C\CCCCCCCCCCC(=O)OCC(COC(=O)CCCCC/C=C\C/C=C\C/C=C\CC)OC(=O)CCCC/C=C\C/C=C\C/C=C\C/C=C\CC. The minimum absolute atomic E-state index is 0.116. The van der Waals surface area contributed by atoms with Crippen molar-refractivity contribution in [2.75, 3.05) is 13.2 Å². The van der Waals surface area contributed by atoms with Crippen LogP contribution in [-0.4, -0.2) is 37.2 Å². The van der Waals surface area contributed by atoms with Gasteiger partial charge in [0.15, 0.2) is 6.10 Å². The van der Waals surface area contributed by atoms with Crippen LogP contribution in [0.1, 0.15) is 226 Å². The first-order valence-corrected chi connectivity index (χ1v) is 29.0. The molecule has 73 heavy (non-hydrogen) atoms. The molecule has 0 fully saturated rings. The van der Waals surface area contributed by atoms with E-state index in [1.807, 2.05) is 0 Å². The molecule has 0 bridgehead atoms. The fraction of sp³-hybridized carbons (Fsp3) is 0.567. The van der Waals surface area contributed by atoms with Gasteiger partial charge in [-0.15, -0.1) is 0 Å². The summed E-state index contributed by atoms with van der Waals surface area (Å²) in [5.74, 6) is -1.00. The first-order chi connectivity index (χ1) is 36.0. The van der Waals surface area contributed by atoms with Gasteiger partial charge in [-0.25, -0.2) is 0 Å². The molecule has 0 aliphatic rings. The summed E-state index contributed by atoms with van der Waals surface area (Å²) in [5, 5.41) is 0. The lowest BCUT2D eigenvalue weighted by Gasteiger charge is -2.18. The van der Waals surface area contributed by atoms with Crippen LogP contribution < -0.4 is 0 Å². The molecule has 0 aromatic rings. The van der Waals surface area contributed by atoms with Crippen molar-refractivity contribution >= 4 is 17.9 Å². The molecule has 0 amide bonds. The van der Waals surface area contributed by atoms with Gasteiger partial charge in [0.2, 0.25) is 0 Å². The normalized spacial score (nSPS) is 13.3. The molecule has 0 saturated carbocycles. The highest BCUT2D eigenvalue weighted by Gasteiger charge is 2.19. The first-order valence-electron chi connectivity index (χ1n) is 29.0. The number of unbranched alkanes of at least 4 members (excludes halogenated alkanes) is 13. The third-order valence-corrected chi connectivity index (χ3v) is 11.5. The molecule has 0 heterocycles. The number of carbonyl (C=O) groups excluding carboxylic acids is 3. The highest BCUT2D eigenvalue weighted by Crippen LogP contribution is 2.13. The molecule has 6 heteroatoms. The molecule has 0 aromatic heterocycles. The third-order valence-electron chi connectivity index (χ3n) is 11.5. The second-order valence-electron chi connectivity index (χ2n) is 18.4. The second kappa shape index (κ2) is 59.6. The van der Waals surface area contributed by atoms with Gasteiger partial charge < -0.3 is 14.2 Å². The maximum Gasteiger partial charge on any atom is 0.306 e. The minimum Gasteiger partial charge on any atom is -0.462 e. The Morgan fingerprint density at radius 1 is 0.274 bits per heavy atom. The number of hydrogen-bond acceptors (Lipinski definition) is 6. The van der Waals surface area contributed by atoms with Gasteiger partial charge in [-0.3, -0.25) is 14.4 Å². The van der Waals surface area contributed by atoms with E-state index in [9.17, 15) is 14.4 Å². The molecule has 1 atom stereocenters. The molecule has 0 spiro atoms. The van der Waals surface area contributed by atoms with Crippen LogP contribution in [-0.2, 0) is 28.6 Å². The van der Waals surface area contributed by atoms with Crippen molar-refractivity contribution in [2.24, 2.45) is 0 Å². The summed E-state index contributed by atoms with van der Waals surface area (Å²) in [5.41, 5.74) is 0. The van der Waals surface area contributed by atoms with E-state index in [0.717, 1.165) is 148 Å². The van der Waals surface area contributed by atoms with Crippen molar-refractivity contribution in [1.82, 2.24) is 0 Å². The highest BCUT2D eigenvalue weighted by atomic mass is 16.6. The number of hydrogen-bond donors (Lipinski definition) is 0. The number of ether oxygens (including phenoxy) is 3. The molecule has 0 aliphatic carbocycles. The van der Waals surface area contributed by atoms with Crippen molar-refractivity contribution in [3.63, 3.8) is 0 Å². The number of esters is 3. The van der Waals surface area contributed by atoms with Crippen LogP contribution in [0.2, 0.25) is 0 Å². The van der Waals surface area contributed by atoms with Gasteiger partial charge in [-0.2, -0.15) is 0 Å². The molecule has 0 saturated heterocycles. The van der Waals surface area contributed by atoms with Crippen molar-refractivity contribution in [1.29, 1.82) is 0 Å². The molecule has 0 N–H and O–H groups in total. The van der Waals surface area contributed by atoms with Crippen LogP contribution in [0.15, 0.2) is 158 Å². The zero-order valence-corrected chi connectivity index (χ0v) is 46.6. The van der Waals surface area contributed by atoms with E-state index in [4.69, 9.17) is 14.2 Å². The van der Waals surface area contributed by atoms with Crippen molar-refractivity contribution in [2.45, 2.75) is 232 Å². The van der Waals surface area contributed by atoms with Crippen LogP contribution in [0.25, 0.3) is 0 Å². The van der Waals surface area contributed by atoms with Gasteiger partial charge >= 0.3 is 17.9 Å². The number of allylic oxidation sites excluding steroid dienone is 26. The van der Waals surface area contributed by atoms with E-state index in [1.165, 1.54) is 32.1 Å². The highest BCUT2D eigenvalue weighted by molar-refractivity contribution is 5.71. The van der Waals surface area contributed by atoms with Crippen molar-refractivity contribution < 1.29 is 28.6 Å². The number of carbonyl (C=O) groups is 3. The Balaban J connectivity index is 4.41. The Morgan fingerprint density at radius 3 is 0.808 bits per heavy atom. The van der Waals surface area contributed by atoms with Crippen LogP contribution in [0.4, 0.5) is 0 Å². The monoisotopic (exact) mass is 1000 g/mol. The van der Waals surface area contributed by atoms with Gasteiger partial charge in [0, 0.05) is 19.3 Å². The smallest absolute Gasteiger partial charge is 0.306 e. The summed E-state index contributed by atoms with van der Waals surface area (Å²) in [6.45, 7) is 6.21. The summed E-state index contributed by atoms with van der Waals surface area (Å²) in [7, 11) is 0. The maximum atomic E-state index is 12.8. The van der Waals surface area contributed by atoms with Gasteiger partial charge in [0.1, 0.15) is 13.2 Å². The van der Waals surface area contributed by atoms with Gasteiger partial charge in [-0.05, 0) is 141 Å². The van der Waals surface area contributed by atoms with Crippen molar-refractivity contribution in [3.8, 4) is 0 Å². The summed E-state index contributed by atoms with van der Waals surface area (Å²) in [6, 6.07) is 0. The van der Waals surface area contributed by atoms with E-state index >= 15 is 0 Å². The number of rotatable bonds is 50. The summed E-state index contributed by atoms with van der Waals surface area (Å²) in [6.07, 6.45) is 86.7. The van der Waals surface area contributed by atoms with E-state index in [2.05, 4.69) is 179 Å². The summed E-state index contributed by atoms with van der Waals surface area (Å²) < 4.78 is 16.8. The standard InChI is InChI=1S/C67H104O6/c1-4-7-10-13-16-19-22-25-27-28-29-30-31-32-33-34-35-36-37-38-40-42-45-48-51-54-57-60-66(69)72-63-64(62-71-65(68)59-56-53-50-47-44-41-24-21-18-15-12-9-6-3)73-67(70)61-58-55-52-49-46-43-39-26-23-20-17-14-11-8-5-2/h7-12,16-21,25-27,29-30,32-33,35-36,39,41,44,46,49,64H,4-6,13-15,22-24,28,31,34,37-38,40,42-43,45,47-48,50-63H2,1-3H3/b10-7-,11-8-,12-9-,19-16-,20-17-,21-18-,27-25-,30-29-,33-32-,36-35-,39-26-,44-41-,49-46-. The predicted molar refractivity (Wildman–Crippen MR) is 315 cm³/mol. The van der Waals surface area contributed by atoms with E-state index in [1.54, 1.807) is 0 Å². The molecule has 6 nitrogen and oxygen atoms in total. The Labute approximate surface area is 448 Å². The molecule has 0 rings (SSSR count). The van der Waals surface area contributed by atoms with Gasteiger partial charge in [0.25, 0.3) is 0 Å². The molecule has 0 aromatic carbocycles. The third kappa shape index (κ3) is 57.8. The second-order valence-corrected chi connectivity index (χ2v) is 18.4. The molecular formula is C67H104O6. The zero-order valence-electron chi connectivity index (χ0n) is 46.6. The zero-order chi connectivity index (χ0) is 52.9. The maximum absolute atomic E-state index is 12.8. The average Bonchev–Trinajstić information content (AvgIpc) is 3.39. The topological polar surface area (TPSA) is 78.9 Å². The summed E-state index contributed by atoms with van der Waals surface area (Å²) in [4.78, 5) is 38.1. The van der Waals surface area contributed by atoms with Crippen LogP contribution in [0.5, 0.6) is 0 Å². The van der Waals surface area contributed by atoms with E-state index in [0.29, 0.717) is 19.3 Å².